The number of allylic oxidation sites excluding steroid dienone is 1. The van der Waals surface area contributed by atoms with Crippen LogP contribution < -0.4 is 10.6 Å². The minimum absolute atomic E-state index is 0.0291. The molecule has 36 heavy (non-hydrogen) atoms. The molecule has 1 saturated heterocycles. The number of likely N-dealkylation sites (tertiary alicyclic amines) is 1. The van der Waals surface area contributed by atoms with Gasteiger partial charge in [-0.15, -0.1) is 0 Å². The minimum atomic E-state index is -0.0947. The van der Waals surface area contributed by atoms with Crippen LogP contribution in [0, 0.1) is 17.3 Å². The molecule has 4 nitrogen and oxygen atoms in total. The second-order valence-electron chi connectivity index (χ2n) is 12.7. The van der Waals surface area contributed by atoms with Crippen molar-refractivity contribution >= 4 is 16.6 Å². The lowest BCUT2D eigenvalue weighted by Gasteiger charge is -2.47. The quantitative estimate of drug-likeness (QED) is 0.400. The van der Waals surface area contributed by atoms with E-state index in [1.807, 2.05) is 0 Å². The van der Waals surface area contributed by atoms with Crippen molar-refractivity contribution in [2.75, 3.05) is 32.5 Å². The number of anilines is 1. The SMILES string of the molecule is CNCCc1c([C@@H]2[C@@H]3[C@H](C=C(C)CC3(C)C)[C@]34Nc5ccccc5[C@]23CCN4C)[nH]c2ccccc12. The van der Waals surface area contributed by atoms with Crippen molar-refractivity contribution in [3.63, 3.8) is 0 Å². The third-order valence-electron chi connectivity index (χ3n) is 10.5. The zero-order valence-electron chi connectivity index (χ0n) is 22.4. The number of rotatable bonds is 4. The average Bonchev–Trinajstić information content (AvgIpc) is 3.51. The Morgan fingerprint density at radius 2 is 1.86 bits per heavy atom. The Labute approximate surface area is 215 Å². The van der Waals surface area contributed by atoms with Crippen molar-refractivity contribution in [1.82, 2.24) is 15.2 Å². The van der Waals surface area contributed by atoms with Crippen molar-refractivity contribution < 1.29 is 0 Å². The number of benzene rings is 2. The predicted molar refractivity (Wildman–Crippen MR) is 150 cm³/mol. The van der Waals surface area contributed by atoms with Crippen LogP contribution in [0.15, 0.2) is 60.2 Å². The van der Waals surface area contributed by atoms with E-state index in [-0.39, 0.29) is 16.5 Å². The number of nitrogens with one attached hydrogen (secondary N) is 3. The second kappa shape index (κ2) is 7.49. The third-order valence-corrected chi connectivity index (χ3v) is 10.5. The average molecular weight is 481 g/mol. The highest BCUT2D eigenvalue weighted by Gasteiger charge is 2.78. The van der Waals surface area contributed by atoms with E-state index in [9.17, 15) is 0 Å². The maximum atomic E-state index is 4.22. The van der Waals surface area contributed by atoms with Crippen molar-refractivity contribution in [3.05, 3.63) is 77.0 Å². The number of fused-ring (bicyclic) bond motifs is 3. The first-order valence-corrected chi connectivity index (χ1v) is 13.9. The molecule has 2 aliphatic heterocycles. The lowest BCUT2D eigenvalue weighted by atomic mass is 9.59. The van der Waals surface area contributed by atoms with Crippen LogP contribution in [0.25, 0.3) is 10.9 Å². The largest absolute Gasteiger partial charge is 0.366 e. The van der Waals surface area contributed by atoms with Crippen LogP contribution in [-0.2, 0) is 11.8 Å². The van der Waals surface area contributed by atoms with Gasteiger partial charge in [-0.05, 0) is 81.4 Å². The van der Waals surface area contributed by atoms with E-state index in [0.29, 0.717) is 17.8 Å². The van der Waals surface area contributed by atoms with Crippen molar-refractivity contribution in [2.45, 2.75) is 57.0 Å². The summed E-state index contributed by atoms with van der Waals surface area (Å²) in [6.45, 7) is 9.56. The van der Waals surface area contributed by atoms with Crippen molar-refractivity contribution in [2.24, 2.45) is 17.3 Å². The predicted octanol–water partition coefficient (Wildman–Crippen LogP) is 6.03. The molecule has 3 N–H and O–H groups in total. The molecule has 188 valence electrons. The topological polar surface area (TPSA) is 43.1 Å². The number of hydrogen-bond donors (Lipinski definition) is 3. The molecule has 0 radical (unpaired) electrons. The van der Waals surface area contributed by atoms with E-state index in [0.717, 1.165) is 19.5 Å². The summed E-state index contributed by atoms with van der Waals surface area (Å²) in [5.74, 6) is 1.42. The fourth-order valence-electron chi connectivity index (χ4n) is 9.55. The summed E-state index contributed by atoms with van der Waals surface area (Å²) >= 11 is 0. The monoisotopic (exact) mass is 480 g/mol. The highest BCUT2D eigenvalue weighted by Crippen LogP contribution is 2.75. The van der Waals surface area contributed by atoms with E-state index in [2.05, 4.69) is 110 Å². The van der Waals surface area contributed by atoms with Gasteiger partial charge in [0.25, 0.3) is 0 Å². The molecule has 0 bridgehead atoms. The van der Waals surface area contributed by atoms with Gasteiger partial charge in [-0.1, -0.05) is 61.9 Å². The molecule has 1 saturated carbocycles. The highest BCUT2D eigenvalue weighted by molar-refractivity contribution is 5.85. The van der Waals surface area contributed by atoms with Gasteiger partial charge in [-0.25, -0.2) is 0 Å². The Balaban J connectivity index is 1.57. The van der Waals surface area contributed by atoms with Crippen LogP contribution in [0.2, 0.25) is 0 Å². The van der Waals surface area contributed by atoms with Crippen molar-refractivity contribution in [3.8, 4) is 0 Å². The molecular weight excluding hydrogens is 440 g/mol. The Hall–Kier alpha value is -2.56. The second-order valence-corrected chi connectivity index (χ2v) is 12.7. The van der Waals surface area contributed by atoms with E-state index < -0.39 is 0 Å². The summed E-state index contributed by atoms with van der Waals surface area (Å²) in [5.41, 5.74) is 8.89. The molecule has 2 fully saturated rings. The van der Waals surface area contributed by atoms with Crippen LogP contribution in [-0.4, -0.2) is 42.7 Å². The lowest BCUT2D eigenvalue weighted by Crippen LogP contribution is -2.59. The van der Waals surface area contributed by atoms with Crippen LogP contribution in [0.4, 0.5) is 5.69 Å². The summed E-state index contributed by atoms with van der Waals surface area (Å²) < 4.78 is 0. The molecule has 1 aromatic heterocycles. The summed E-state index contributed by atoms with van der Waals surface area (Å²) in [7, 11) is 4.45. The molecule has 0 amide bonds. The number of H-pyrrole nitrogens is 1. The molecule has 5 atom stereocenters. The number of aromatic amines is 1. The zero-order valence-corrected chi connectivity index (χ0v) is 22.4. The van der Waals surface area contributed by atoms with E-state index in [1.165, 1.54) is 46.3 Å². The molecule has 0 unspecified atom stereocenters. The van der Waals surface area contributed by atoms with Gasteiger partial charge in [0.15, 0.2) is 0 Å². The number of hydrogen-bond acceptors (Lipinski definition) is 3. The normalized spacial score (nSPS) is 34.1. The molecule has 3 heterocycles. The van der Waals surface area contributed by atoms with Crippen LogP contribution in [0.1, 0.15) is 56.4 Å². The maximum Gasteiger partial charge on any atom is 0.108 e. The van der Waals surface area contributed by atoms with E-state index in [4.69, 9.17) is 0 Å². The highest BCUT2D eigenvalue weighted by atomic mass is 15.4. The Morgan fingerprint density at radius 1 is 1.08 bits per heavy atom. The Kier molecular flexibility index (Phi) is 4.71. The van der Waals surface area contributed by atoms with Gasteiger partial charge in [0.2, 0.25) is 0 Å². The summed E-state index contributed by atoms with van der Waals surface area (Å²) in [5, 5.41) is 9.06. The van der Waals surface area contributed by atoms with Crippen LogP contribution >= 0.6 is 0 Å². The van der Waals surface area contributed by atoms with Crippen LogP contribution in [0.5, 0.6) is 0 Å². The lowest BCUT2D eigenvalue weighted by molar-refractivity contribution is 0.0869. The van der Waals surface area contributed by atoms with Crippen molar-refractivity contribution in [1.29, 1.82) is 0 Å². The van der Waals surface area contributed by atoms with E-state index >= 15 is 0 Å². The number of aromatic nitrogens is 1. The van der Waals surface area contributed by atoms with Gasteiger partial charge in [-0.2, -0.15) is 0 Å². The maximum absolute atomic E-state index is 4.22. The Morgan fingerprint density at radius 3 is 2.69 bits per heavy atom. The Bertz CT molecular complexity index is 1380. The molecule has 4 heteroatoms. The van der Waals surface area contributed by atoms with Gasteiger partial charge in [0, 0.05) is 46.1 Å². The van der Waals surface area contributed by atoms with E-state index in [1.54, 1.807) is 5.57 Å². The minimum Gasteiger partial charge on any atom is -0.366 e. The van der Waals surface area contributed by atoms with Gasteiger partial charge >= 0.3 is 0 Å². The van der Waals surface area contributed by atoms with Gasteiger partial charge in [0.05, 0.1) is 0 Å². The molecule has 2 aromatic carbocycles. The standard InChI is InChI=1S/C32H40N4/c1-20-18-24-27(30(2,3)19-20)28(29-22(14-16-33-4)21-10-6-8-12-25(21)34-29)31-15-17-36(5)32(24,31)35-26-13-9-7-11-23(26)31/h6-13,18,24,27-28,33-35H,14-17,19H2,1-5H3/t24-,27-,28-,31+,32+/m0/s1. The summed E-state index contributed by atoms with van der Waals surface area (Å²) in [4.78, 5) is 6.75. The number of likely N-dealkylation sites (N-methyl/N-ethyl adjacent to an activating group) is 2. The molecular formula is C32H40N4. The molecule has 2 aliphatic carbocycles. The number of para-hydroxylation sites is 2. The first-order chi connectivity index (χ1) is 17.3. The fraction of sp³-hybridized carbons (Fsp3) is 0.500. The first kappa shape index (κ1) is 22.6. The molecule has 4 aliphatic rings. The third kappa shape index (κ3) is 2.57. The smallest absolute Gasteiger partial charge is 0.108 e. The molecule has 0 spiro atoms. The van der Waals surface area contributed by atoms with Gasteiger partial charge < -0.3 is 15.6 Å². The fourth-order valence-corrected chi connectivity index (χ4v) is 9.55. The summed E-state index contributed by atoms with van der Waals surface area (Å²) in [6.07, 6.45) is 6.08. The number of nitrogens with zero attached hydrogens (tertiary/aromatic N) is 1. The first-order valence-electron chi connectivity index (χ1n) is 13.9. The molecule has 3 aromatic rings. The van der Waals surface area contributed by atoms with Gasteiger partial charge in [0.1, 0.15) is 5.66 Å². The van der Waals surface area contributed by atoms with Gasteiger partial charge in [-0.3, -0.25) is 4.90 Å². The molecule has 7 rings (SSSR count). The van der Waals surface area contributed by atoms with Crippen LogP contribution in [0.3, 0.4) is 0 Å². The summed E-state index contributed by atoms with van der Waals surface area (Å²) in [6, 6.07) is 18.2. The zero-order chi connectivity index (χ0) is 24.9.